The molecule has 2 atom stereocenters. The number of hydrogen-bond donors (Lipinski definition) is 2. The number of nitro groups is 1. The summed E-state index contributed by atoms with van der Waals surface area (Å²) in [7, 11) is 0. The zero-order valence-electron chi connectivity index (χ0n) is 14.7. The molecule has 0 radical (unpaired) electrons. The lowest BCUT2D eigenvalue weighted by atomic mass is 9.93. The lowest BCUT2D eigenvalue weighted by molar-refractivity contribution is -0.384. The molecule has 1 aromatic rings. The molecule has 1 aromatic carbocycles. The molecule has 1 aliphatic rings. The molecule has 1 saturated carbocycles. The molecule has 140 valence electrons. The molecule has 2 N–H and O–H groups in total. The Morgan fingerprint density at radius 2 is 2.00 bits per heavy atom. The first kappa shape index (κ1) is 19.6. The number of nitro benzene ring substituents is 1. The van der Waals surface area contributed by atoms with E-state index in [1.54, 1.807) is 19.1 Å². The second-order valence-electron chi connectivity index (χ2n) is 6.81. The molecule has 1 fully saturated rings. The highest BCUT2D eigenvalue weighted by atomic mass is 16.6. The minimum atomic E-state index is -0.722. The minimum Gasteiger partial charge on any atom is -0.491 e. The van der Waals surface area contributed by atoms with Crippen LogP contribution in [-0.4, -0.2) is 58.0 Å². The van der Waals surface area contributed by atoms with Crippen molar-refractivity contribution < 1.29 is 19.9 Å². The number of benzene rings is 1. The van der Waals surface area contributed by atoms with E-state index in [9.17, 15) is 20.3 Å². The maximum Gasteiger partial charge on any atom is 0.273 e. The Hall–Kier alpha value is -1.70. The van der Waals surface area contributed by atoms with Crippen LogP contribution in [0.1, 0.15) is 39.0 Å². The molecular formula is C18H28N2O5. The van der Waals surface area contributed by atoms with Gasteiger partial charge < -0.3 is 14.9 Å². The van der Waals surface area contributed by atoms with Crippen molar-refractivity contribution in [1.29, 1.82) is 0 Å². The summed E-state index contributed by atoms with van der Waals surface area (Å²) in [5, 5.41) is 30.8. The number of hydrogen-bond acceptors (Lipinski definition) is 6. The lowest BCUT2D eigenvalue weighted by Gasteiger charge is -2.36. The number of rotatable bonds is 9. The SMILES string of the molecule is CC(O)CN(CC(O)COc1cccc([N+](=O)[O-])c1)C1CCCCC1. The van der Waals surface area contributed by atoms with Crippen molar-refractivity contribution in [2.45, 2.75) is 57.3 Å². The Morgan fingerprint density at radius 3 is 2.64 bits per heavy atom. The molecule has 0 spiro atoms. The zero-order chi connectivity index (χ0) is 18.2. The molecule has 0 saturated heterocycles. The lowest BCUT2D eigenvalue weighted by Crippen LogP contribution is -2.46. The third-order valence-electron chi connectivity index (χ3n) is 4.51. The highest BCUT2D eigenvalue weighted by Gasteiger charge is 2.24. The summed E-state index contributed by atoms with van der Waals surface area (Å²) in [6, 6.07) is 6.32. The van der Waals surface area contributed by atoms with Gasteiger partial charge in [-0.2, -0.15) is 0 Å². The van der Waals surface area contributed by atoms with Gasteiger partial charge in [-0.1, -0.05) is 25.3 Å². The van der Waals surface area contributed by atoms with Crippen LogP contribution in [0.3, 0.4) is 0 Å². The normalized spacial score (nSPS) is 18.1. The first-order valence-electron chi connectivity index (χ1n) is 8.93. The maximum atomic E-state index is 10.8. The highest BCUT2D eigenvalue weighted by Crippen LogP contribution is 2.23. The van der Waals surface area contributed by atoms with Crippen molar-refractivity contribution in [1.82, 2.24) is 4.90 Å². The number of non-ortho nitro benzene ring substituents is 1. The Balaban J connectivity index is 1.88. The van der Waals surface area contributed by atoms with Gasteiger partial charge in [0.2, 0.25) is 0 Å². The van der Waals surface area contributed by atoms with Gasteiger partial charge in [-0.15, -0.1) is 0 Å². The van der Waals surface area contributed by atoms with E-state index in [1.165, 1.54) is 31.4 Å². The summed E-state index contributed by atoms with van der Waals surface area (Å²) < 4.78 is 5.51. The monoisotopic (exact) mass is 352 g/mol. The van der Waals surface area contributed by atoms with Gasteiger partial charge in [-0.05, 0) is 25.8 Å². The fourth-order valence-corrected chi connectivity index (χ4v) is 3.36. The van der Waals surface area contributed by atoms with Crippen molar-refractivity contribution in [3.05, 3.63) is 34.4 Å². The van der Waals surface area contributed by atoms with Crippen LogP contribution in [0, 0.1) is 10.1 Å². The van der Waals surface area contributed by atoms with Crippen LogP contribution in [0.15, 0.2) is 24.3 Å². The van der Waals surface area contributed by atoms with Crippen LogP contribution in [-0.2, 0) is 0 Å². The first-order chi connectivity index (χ1) is 12.0. The average molecular weight is 352 g/mol. The standard InChI is InChI=1S/C18H28N2O5/c1-14(21)11-19(15-6-3-2-4-7-15)12-17(22)13-25-18-9-5-8-16(10-18)20(23)24/h5,8-10,14-15,17,21-22H,2-4,6-7,11-13H2,1H3. The second-order valence-corrected chi connectivity index (χ2v) is 6.81. The summed E-state index contributed by atoms with van der Waals surface area (Å²) in [5.41, 5.74) is -0.0371. The van der Waals surface area contributed by atoms with E-state index < -0.39 is 17.1 Å². The smallest absolute Gasteiger partial charge is 0.273 e. The van der Waals surface area contributed by atoms with Gasteiger partial charge >= 0.3 is 0 Å². The topological polar surface area (TPSA) is 96.1 Å². The summed E-state index contributed by atoms with van der Waals surface area (Å²) in [5.74, 6) is 0.369. The van der Waals surface area contributed by atoms with Gasteiger partial charge in [0, 0.05) is 25.2 Å². The molecule has 1 aliphatic carbocycles. The Morgan fingerprint density at radius 1 is 1.28 bits per heavy atom. The van der Waals surface area contributed by atoms with Crippen molar-refractivity contribution in [3.8, 4) is 5.75 Å². The van der Waals surface area contributed by atoms with Gasteiger partial charge in [-0.25, -0.2) is 0 Å². The highest BCUT2D eigenvalue weighted by molar-refractivity contribution is 5.37. The molecule has 2 rings (SSSR count). The predicted molar refractivity (Wildman–Crippen MR) is 94.7 cm³/mol. The number of aliphatic hydroxyl groups excluding tert-OH is 2. The molecule has 0 amide bonds. The zero-order valence-corrected chi connectivity index (χ0v) is 14.7. The number of nitrogens with zero attached hydrogens (tertiary/aromatic N) is 2. The number of ether oxygens (including phenoxy) is 1. The van der Waals surface area contributed by atoms with Crippen molar-refractivity contribution in [2.75, 3.05) is 19.7 Å². The van der Waals surface area contributed by atoms with Crippen molar-refractivity contribution in [3.63, 3.8) is 0 Å². The summed E-state index contributed by atoms with van der Waals surface area (Å²) in [4.78, 5) is 12.5. The van der Waals surface area contributed by atoms with E-state index in [4.69, 9.17) is 4.74 Å². The molecule has 7 heteroatoms. The van der Waals surface area contributed by atoms with Gasteiger partial charge in [0.25, 0.3) is 5.69 Å². The van der Waals surface area contributed by atoms with E-state index in [2.05, 4.69) is 4.90 Å². The van der Waals surface area contributed by atoms with Crippen LogP contribution in [0.4, 0.5) is 5.69 Å². The fraction of sp³-hybridized carbons (Fsp3) is 0.667. The molecular weight excluding hydrogens is 324 g/mol. The third kappa shape index (κ3) is 6.61. The van der Waals surface area contributed by atoms with Gasteiger partial charge in [0.05, 0.1) is 17.1 Å². The molecule has 0 aromatic heterocycles. The molecule has 25 heavy (non-hydrogen) atoms. The van der Waals surface area contributed by atoms with Crippen LogP contribution in [0.2, 0.25) is 0 Å². The molecule has 0 heterocycles. The van der Waals surface area contributed by atoms with E-state index in [-0.39, 0.29) is 12.3 Å². The fourth-order valence-electron chi connectivity index (χ4n) is 3.36. The summed E-state index contributed by atoms with van der Waals surface area (Å²) in [6.45, 7) is 2.76. The molecule has 7 nitrogen and oxygen atoms in total. The summed E-state index contributed by atoms with van der Waals surface area (Å²) in [6.07, 6.45) is 4.61. The number of aliphatic hydroxyl groups is 2. The maximum absolute atomic E-state index is 10.8. The second kappa shape index (κ2) is 9.70. The quantitative estimate of drug-likeness (QED) is 0.523. The van der Waals surface area contributed by atoms with E-state index in [0.29, 0.717) is 24.9 Å². The average Bonchev–Trinajstić information content (AvgIpc) is 2.60. The minimum absolute atomic E-state index is 0.0371. The first-order valence-corrected chi connectivity index (χ1v) is 8.93. The van der Waals surface area contributed by atoms with Crippen molar-refractivity contribution >= 4 is 5.69 Å². The van der Waals surface area contributed by atoms with Crippen LogP contribution >= 0.6 is 0 Å². The Kier molecular flexibility index (Phi) is 7.61. The van der Waals surface area contributed by atoms with Crippen molar-refractivity contribution in [2.24, 2.45) is 0 Å². The van der Waals surface area contributed by atoms with Crippen LogP contribution in [0.25, 0.3) is 0 Å². The molecule has 0 bridgehead atoms. The Bertz CT molecular complexity index is 546. The Labute approximate surface area is 148 Å². The van der Waals surface area contributed by atoms with Gasteiger partial charge in [0.15, 0.2) is 0 Å². The molecule has 0 aliphatic heterocycles. The van der Waals surface area contributed by atoms with E-state index >= 15 is 0 Å². The third-order valence-corrected chi connectivity index (χ3v) is 4.51. The predicted octanol–water partition coefficient (Wildman–Crippen LogP) is 2.35. The van der Waals surface area contributed by atoms with Gasteiger partial charge in [-0.3, -0.25) is 15.0 Å². The summed E-state index contributed by atoms with van der Waals surface area (Å²) >= 11 is 0. The van der Waals surface area contributed by atoms with E-state index in [0.717, 1.165) is 12.8 Å². The van der Waals surface area contributed by atoms with E-state index in [1.807, 2.05) is 0 Å². The molecule has 2 unspecified atom stereocenters. The van der Waals surface area contributed by atoms with Gasteiger partial charge in [0.1, 0.15) is 18.5 Å². The largest absolute Gasteiger partial charge is 0.491 e. The van der Waals surface area contributed by atoms with Crippen LogP contribution < -0.4 is 4.74 Å². The van der Waals surface area contributed by atoms with Crippen LogP contribution in [0.5, 0.6) is 5.75 Å².